The van der Waals surface area contributed by atoms with Gasteiger partial charge in [0.2, 0.25) is 0 Å². The summed E-state index contributed by atoms with van der Waals surface area (Å²) in [6, 6.07) is 8.97. The lowest BCUT2D eigenvalue weighted by atomic mass is 9.71. The Kier molecular flexibility index (Phi) is 5.42. The number of hydrogen-bond acceptors (Lipinski definition) is 1. The average Bonchev–Trinajstić information content (AvgIpc) is 2.62. The van der Waals surface area contributed by atoms with Gasteiger partial charge in [-0.3, -0.25) is 4.79 Å². The second-order valence-electron chi connectivity index (χ2n) is 8.15. The van der Waals surface area contributed by atoms with Crippen molar-refractivity contribution in [3.8, 4) is 0 Å². The smallest absolute Gasteiger partial charge is 0.143 e. The molecule has 0 aliphatic heterocycles. The van der Waals surface area contributed by atoms with Gasteiger partial charge in [-0.05, 0) is 53.4 Å². The van der Waals surface area contributed by atoms with Crippen molar-refractivity contribution in [3.63, 3.8) is 0 Å². The Morgan fingerprint density at radius 1 is 0.920 bits per heavy atom. The van der Waals surface area contributed by atoms with Crippen LogP contribution in [0.3, 0.4) is 0 Å². The Morgan fingerprint density at radius 2 is 1.56 bits per heavy atom. The van der Waals surface area contributed by atoms with Crippen molar-refractivity contribution in [1.29, 1.82) is 0 Å². The summed E-state index contributed by atoms with van der Waals surface area (Å²) in [5.41, 5.74) is 5.36. The van der Waals surface area contributed by atoms with Crippen LogP contribution in [0.2, 0.25) is 0 Å². The van der Waals surface area contributed by atoms with Crippen LogP contribution < -0.4 is 0 Å². The van der Waals surface area contributed by atoms with E-state index in [0.29, 0.717) is 17.6 Å². The van der Waals surface area contributed by atoms with E-state index in [2.05, 4.69) is 76.3 Å². The molecule has 0 amide bonds. The van der Waals surface area contributed by atoms with Crippen molar-refractivity contribution in [2.75, 3.05) is 0 Å². The summed E-state index contributed by atoms with van der Waals surface area (Å²) in [4.78, 5) is 12.8. The van der Waals surface area contributed by atoms with Gasteiger partial charge in [0, 0.05) is 11.8 Å². The fourth-order valence-corrected chi connectivity index (χ4v) is 3.99. The molecule has 2 unspecified atom stereocenters. The van der Waals surface area contributed by atoms with E-state index in [-0.39, 0.29) is 11.8 Å². The number of rotatable bonds is 4. The van der Waals surface area contributed by atoms with Crippen LogP contribution in [0.1, 0.15) is 58.1 Å². The molecule has 2 aliphatic carbocycles. The van der Waals surface area contributed by atoms with E-state index in [4.69, 9.17) is 0 Å². The predicted octanol–water partition coefficient (Wildman–Crippen LogP) is 6.32. The minimum atomic E-state index is 0.0574. The molecule has 2 aliphatic rings. The number of carbonyl (C=O) groups is 1. The third-order valence-electron chi connectivity index (χ3n) is 5.68. The Bertz CT molecular complexity index is 713. The molecule has 1 aromatic carbocycles. The highest BCUT2D eigenvalue weighted by atomic mass is 16.1. The maximum atomic E-state index is 12.8. The number of allylic oxidation sites excluding steroid dienone is 6. The van der Waals surface area contributed by atoms with E-state index in [1.807, 2.05) is 0 Å². The first-order valence-corrected chi connectivity index (χ1v) is 9.68. The van der Waals surface area contributed by atoms with Gasteiger partial charge in [0.25, 0.3) is 0 Å². The number of carbonyl (C=O) groups excluding carboxylic acids is 1. The lowest BCUT2D eigenvalue weighted by Crippen LogP contribution is -2.33. The lowest BCUT2D eigenvalue weighted by molar-refractivity contribution is -0.128. The van der Waals surface area contributed by atoms with Gasteiger partial charge in [-0.1, -0.05) is 76.3 Å². The molecule has 0 aromatic heterocycles. The van der Waals surface area contributed by atoms with E-state index in [1.165, 1.54) is 22.3 Å². The van der Waals surface area contributed by atoms with Gasteiger partial charge in [0.15, 0.2) is 0 Å². The van der Waals surface area contributed by atoms with E-state index in [1.54, 1.807) is 0 Å². The molecule has 3 rings (SSSR count). The summed E-state index contributed by atoms with van der Waals surface area (Å²) >= 11 is 0. The Balaban J connectivity index is 1.89. The zero-order chi connectivity index (χ0) is 18.0. The lowest BCUT2D eigenvalue weighted by Gasteiger charge is -2.32. The van der Waals surface area contributed by atoms with Crippen LogP contribution in [-0.2, 0) is 4.79 Å². The molecule has 0 saturated carbocycles. The van der Waals surface area contributed by atoms with E-state index >= 15 is 0 Å². The molecule has 0 saturated heterocycles. The van der Waals surface area contributed by atoms with E-state index < -0.39 is 0 Å². The summed E-state index contributed by atoms with van der Waals surface area (Å²) in [6.07, 6.45) is 12.0. The van der Waals surface area contributed by atoms with Crippen molar-refractivity contribution in [3.05, 3.63) is 59.7 Å². The number of hydrogen-bond donors (Lipinski definition) is 0. The molecular weight excluding hydrogens is 304 g/mol. The zero-order valence-corrected chi connectivity index (χ0v) is 16.0. The summed E-state index contributed by atoms with van der Waals surface area (Å²) in [5, 5.41) is 0. The highest BCUT2D eigenvalue weighted by Gasteiger charge is 2.34. The summed E-state index contributed by atoms with van der Waals surface area (Å²) in [6.45, 7) is 8.67. The third kappa shape index (κ3) is 3.86. The van der Waals surface area contributed by atoms with Gasteiger partial charge in [-0.15, -0.1) is 0 Å². The van der Waals surface area contributed by atoms with Crippen molar-refractivity contribution in [2.24, 2.45) is 23.7 Å². The fourth-order valence-electron chi connectivity index (χ4n) is 3.99. The summed E-state index contributed by atoms with van der Waals surface area (Å²) < 4.78 is 0. The van der Waals surface area contributed by atoms with Crippen LogP contribution in [-0.4, -0.2) is 5.78 Å². The topological polar surface area (TPSA) is 17.1 Å². The average molecular weight is 335 g/mol. The molecule has 1 aromatic rings. The quantitative estimate of drug-likeness (QED) is 0.629. The Morgan fingerprint density at radius 3 is 2.08 bits per heavy atom. The minimum absolute atomic E-state index is 0.0574. The maximum absolute atomic E-state index is 12.8. The fraction of sp³-hybridized carbons (Fsp3) is 0.458. The first-order chi connectivity index (χ1) is 12.0. The SMILES string of the molecule is CC(C)C1C=C(c2ccc(C3=CC=CCC3)cc2)CC(C(C)C)C1=O. The van der Waals surface area contributed by atoms with Crippen LogP contribution in [0.25, 0.3) is 11.1 Å². The largest absolute Gasteiger partial charge is 0.299 e. The molecule has 0 fully saturated rings. The normalized spacial score (nSPS) is 23.8. The molecule has 0 radical (unpaired) electrons. The van der Waals surface area contributed by atoms with E-state index in [9.17, 15) is 4.79 Å². The Hall–Kier alpha value is -1.89. The van der Waals surface area contributed by atoms with Crippen LogP contribution in [0.5, 0.6) is 0 Å². The van der Waals surface area contributed by atoms with Crippen molar-refractivity contribution >= 4 is 16.9 Å². The monoisotopic (exact) mass is 334 g/mol. The first kappa shape index (κ1) is 17.9. The molecule has 132 valence electrons. The minimum Gasteiger partial charge on any atom is -0.299 e. The van der Waals surface area contributed by atoms with Crippen LogP contribution in [0, 0.1) is 23.7 Å². The Labute approximate surface area is 152 Å². The number of ketones is 1. The molecule has 1 nitrogen and oxygen atoms in total. The first-order valence-electron chi connectivity index (χ1n) is 9.68. The molecule has 0 heterocycles. The molecule has 0 N–H and O–H groups in total. The van der Waals surface area contributed by atoms with Gasteiger partial charge in [0.1, 0.15) is 5.78 Å². The van der Waals surface area contributed by atoms with Gasteiger partial charge < -0.3 is 0 Å². The van der Waals surface area contributed by atoms with E-state index in [0.717, 1.165) is 19.3 Å². The second kappa shape index (κ2) is 7.56. The zero-order valence-electron chi connectivity index (χ0n) is 16.0. The van der Waals surface area contributed by atoms with Gasteiger partial charge in [-0.2, -0.15) is 0 Å². The molecule has 0 bridgehead atoms. The van der Waals surface area contributed by atoms with Crippen molar-refractivity contribution in [1.82, 2.24) is 0 Å². The van der Waals surface area contributed by atoms with Crippen molar-refractivity contribution < 1.29 is 4.79 Å². The van der Waals surface area contributed by atoms with Crippen LogP contribution in [0.4, 0.5) is 0 Å². The number of benzene rings is 1. The molecule has 1 heteroatoms. The standard InChI is InChI=1S/C24H30O/c1-16(2)22-14-21(15-23(17(3)4)24(22)25)20-12-10-19(11-13-20)18-8-6-5-7-9-18/h5-6,8,10-14,16-17,22-23H,7,9,15H2,1-4H3. The second-order valence-corrected chi connectivity index (χ2v) is 8.15. The summed E-state index contributed by atoms with van der Waals surface area (Å²) in [7, 11) is 0. The molecule has 0 spiro atoms. The molecule has 2 atom stereocenters. The van der Waals surface area contributed by atoms with Crippen LogP contribution in [0.15, 0.2) is 48.6 Å². The maximum Gasteiger partial charge on any atom is 0.143 e. The third-order valence-corrected chi connectivity index (χ3v) is 5.68. The van der Waals surface area contributed by atoms with Gasteiger partial charge in [-0.25, -0.2) is 0 Å². The van der Waals surface area contributed by atoms with Gasteiger partial charge >= 0.3 is 0 Å². The van der Waals surface area contributed by atoms with Crippen LogP contribution >= 0.6 is 0 Å². The highest BCUT2D eigenvalue weighted by molar-refractivity contribution is 5.91. The highest BCUT2D eigenvalue weighted by Crippen LogP contribution is 2.38. The number of Topliss-reactive ketones (excluding diaryl/α,β-unsaturated/α-hetero) is 1. The molecular formula is C24H30O. The molecule has 25 heavy (non-hydrogen) atoms. The predicted molar refractivity (Wildman–Crippen MR) is 107 cm³/mol. The summed E-state index contributed by atoms with van der Waals surface area (Å²) in [5.74, 6) is 1.41. The van der Waals surface area contributed by atoms with Crippen molar-refractivity contribution in [2.45, 2.75) is 47.0 Å². The van der Waals surface area contributed by atoms with Gasteiger partial charge in [0.05, 0.1) is 0 Å².